The molecule has 0 unspecified atom stereocenters. The van der Waals surface area contributed by atoms with Crippen LogP contribution >= 0.6 is 0 Å². The summed E-state index contributed by atoms with van der Waals surface area (Å²) in [6.07, 6.45) is 4.60. The fourth-order valence-corrected chi connectivity index (χ4v) is 2.05. The molecule has 0 radical (unpaired) electrons. The van der Waals surface area contributed by atoms with Gasteiger partial charge in [0.25, 0.3) is 0 Å². The lowest BCUT2D eigenvalue weighted by atomic mass is 10.3. The molecule has 0 aromatic heterocycles. The summed E-state index contributed by atoms with van der Waals surface area (Å²) in [6, 6.07) is 7.89. The fraction of sp³-hybridized carbons (Fsp3) is 0.455. The maximum absolute atomic E-state index is 10.6. The first kappa shape index (κ1) is 13.2. The summed E-state index contributed by atoms with van der Waals surface area (Å²) in [7, 11) is -3.50. The van der Waals surface area contributed by atoms with Crippen LogP contribution < -0.4 is 5.14 Å². The molecule has 0 aliphatic heterocycles. The number of aliphatic hydroxyl groups is 1. The number of sulfonamides is 1. The highest BCUT2D eigenvalue weighted by atomic mass is 32.2. The van der Waals surface area contributed by atoms with Gasteiger partial charge in [0.1, 0.15) is 0 Å². The molecular weight excluding hydrogens is 226 g/mol. The summed E-state index contributed by atoms with van der Waals surface area (Å²) in [5.41, 5.74) is 0. The molecule has 4 nitrogen and oxygen atoms in total. The lowest BCUT2D eigenvalue weighted by molar-refractivity contribution is 0.183. The second kappa shape index (κ2) is 5.98. The van der Waals surface area contributed by atoms with Crippen molar-refractivity contribution >= 4 is 10.0 Å². The van der Waals surface area contributed by atoms with Crippen LogP contribution in [0.15, 0.2) is 35.2 Å². The fourth-order valence-electron chi connectivity index (χ4n) is 1.51. The first-order chi connectivity index (χ1) is 7.50. The summed E-state index contributed by atoms with van der Waals surface area (Å²) < 4.78 is 21.2. The van der Waals surface area contributed by atoms with E-state index < -0.39 is 10.0 Å². The zero-order valence-electron chi connectivity index (χ0n) is 9.04. The Hall–Kier alpha value is -0.910. The van der Waals surface area contributed by atoms with Crippen LogP contribution in [0.4, 0.5) is 0 Å². The van der Waals surface area contributed by atoms with Crippen molar-refractivity contribution in [3.63, 3.8) is 0 Å². The largest absolute Gasteiger partial charge is 0.393 e. The van der Waals surface area contributed by atoms with Crippen molar-refractivity contribution in [3.8, 4) is 0 Å². The third kappa shape index (κ3) is 4.74. The molecule has 1 fully saturated rings. The Morgan fingerprint density at radius 1 is 1.12 bits per heavy atom. The molecule has 1 aliphatic rings. The molecule has 0 saturated heterocycles. The van der Waals surface area contributed by atoms with Gasteiger partial charge >= 0.3 is 0 Å². The van der Waals surface area contributed by atoms with Crippen molar-refractivity contribution in [1.82, 2.24) is 0 Å². The molecule has 0 bridgehead atoms. The molecule has 2 rings (SSSR count). The van der Waals surface area contributed by atoms with Gasteiger partial charge in [-0.25, -0.2) is 13.6 Å². The zero-order valence-corrected chi connectivity index (χ0v) is 9.86. The number of benzene rings is 1. The topological polar surface area (TPSA) is 80.4 Å². The average Bonchev–Trinajstić information content (AvgIpc) is 2.70. The predicted molar refractivity (Wildman–Crippen MR) is 62.3 cm³/mol. The molecule has 16 heavy (non-hydrogen) atoms. The van der Waals surface area contributed by atoms with Gasteiger partial charge < -0.3 is 5.11 Å². The SMILES string of the molecule is NS(=O)(=O)c1ccccc1.OC1CCCC1. The second-order valence-corrected chi connectivity index (χ2v) is 5.36. The Labute approximate surface area is 96.2 Å². The summed E-state index contributed by atoms with van der Waals surface area (Å²) in [6.45, 7) is 0. The molecule has 0 spiro atoms. The molecule has 90 valence electrons. The minimum Gasteiger partial charge on any atom is -0.393 e. The zero-order chi connectivity index (χ0) is 12.0. The summed E-state index contributed by atoms with van der Waals surface area (Å²) in [5, 5.41) is 13.6. The highest BCUT2D eigenvalue weighted by Crippen LogP contribution is 2.16. The minimum absolute atomic E-state index is 0.0463. The van der Waals surface area contributed by atoms with Gasteiger partial charge in [0.15, 0.2) is 0 Å². The van der Waals surface area contributed by atoms with E-state index in [1.807, 2.05) is 0 Å². The molecule has 0 atom stereocenters. The van der Waals surface area contributed by atoms with Gasteiger partial charge in [0, 0.05) is 0 Å². The van der Waals surface area contributed by atoms with E-state index in [-0.39, 0.29) is 11.0 Å². The van der Waals surface area contributed by atoms with E-state index in [9.17, 15) is 8.42 Å². The number of hydrogen-bond donors (Lipinski definition) is 2. The quantitative estimate of drug-likeness (QED) is 0.779. The lowest BCUT2D eigenvalue weighted by Crippen LogP contribution is -2.11. The highest BCUT2D eigenvalue weighted by molar-refractivity contribution is 7.89. The van der Waals surface area contributed by atoms with Crippen molar-refractivity contribution in [2.45, 2.75) is 36.7 Å². The Balaban J connectivity index is 0.000000181. The van der Waals surface area contributed by atoms with Gasteiger partial charge in [0.2, 0.25) is 10.0 Å². The molecule has 0 heterocycles. The minimum atomic E-state index is -3.50. The predicted octanol–water partition coefficient (Wildman–Crippen LogP) is 1.26. The Morgan fingerprint density at radius 2 is 1.62 bits per heavy atom. The highest BCUT2D eigenvalue weighted by Gasteiger charge is 2.09. The third-order valence-electron chi connectivity index (χ3n) is 2.40. The Morgan fingerprint density at radius 3 is 1.88 bits per heavy atom. The molecule has 1 saturated carbocycles. The van der Waals surface area contributed by atoms with E-state index in [1.165, 1.54) is 25.0 Å². The maximum atomic E-state index is 10.6. The summed E-state index contributed by atoms with van der Waals surface area (Å²) >= 11 is 0. The van der Waals surface area contributed by atoms with Crippen molar-refractivity contribution in [2.24, 2.45) is 5.14 Å². The van der Waals surface area contributed by atoms with Crippen LogP contribution in [0.25, 0.3) is 0 Å². The van der Waals surface area contributed by atoms with E-state index in [4.69, 9.17) is 10.2 Å². The number of rotatable bonds is 1. The smallest absolute Gasteiger partial charge is 0.238 e. The standard InChI is InChI=1S/C6H7NO2S.C5H10O/c7-10(8,9)6-4-2-1-3-5-6;6-5-3-1-2-4-5/h1-5H,(H2,7,8,9);5-6H,1-4H2. The molecule has 0 amide bonds. The molecule has 1 aliphatic carbocycles. The molecule has 1 aromatic rings. The first-order valence-corrected chi connectivity index (χ1v) is 6.80. The number of hydrogen-bond acceptors (Lipinski definition) is 3. The van der Waals surface area contributed by atoms with Crippen molar-refractivity contribution < 1.29 is 13.5 Å². The van der Waals surface area contributed by atoms with Gasteiger partial charge in [-0.05, 0) is 25.0 Å². The van der Waals surface area contributed by atoms with Crippen molar-refractivity contribution in [3.05, 3.63) is 30.3 Å². The van der Waals surface area contributed by atoms with Crippen LogP contribution in [-0.2, 0) is 10.0 Å². The van der Waals surface area contributed by atoms with Crippen LogP contribution in [-0.4, -0.2) is 19.6 Å². The average molecular weight is 243 g/mol. The normalized spacial score (nSPS) is 16.6. The van der Waals surface area contributed by atoms with E-state index in [2.05, 4.69) is 0 Å². The van der Waals surface area contributed by atoms with Crippen LogP contribution in [0, 0.1) is 0 Å². The lowest BCUT2D eigenvalue weighted by Gasteiger charge is -1.93. The number of aliphatic hydroxyl groups excluding tert-OH is 1. The van der Waals surface area contributed by atoms with E-state index in [1.54, 1.807) is 18.2 Å². The van der Waals surface area contributed by atoms with Gasteiger partial charge in [-0.2, -0.15) is 0 Å². The van der Waals surface area contributed by atoms with Crippen molar-refractivity contribution in [2.75, 3.05) is 0 Å². The van der Waals surface area contributed by atoms with Crippen LogP contribution in [0.5, 0.6) is 0 Å². The molecular formula is C11H17NO3S. The van der Waals surface area contributed by atoms with Gasteiger partial charge in [-0.1, -0.05) is 31.0 Å². The van der Waals surface area contributed by atoms with Crippen LogP contribution in [0.3, 0.4) is 0 Å². The monoisotopic (exact) mass is 243 g/mol. The van der Waals surface area contributed by atoms with E-state index in [0.29, 0.717) is 0 Å². The van der Waals surface area contributed by atoms with Crippen LogP contribution in [0.1, 0.15) is 25.7 Å². The van der Waals surface area contributed by atoms with Gasteiger partial charge in [0.05, 0.1) is 11.0 Å². The van der Waals surface area contributed by atoms with E-state index in [0.717, 1.165) is 12.8 Å². The summed E-state index contributed by atoms with van der Waals surface area (Å²) in [4.78, 5) is 0.148. The molecule has 3 N–H and O–H groups in total. The van der Waals surface area contributed by atoms with E-state index >= 15 is 0 Å². The second-order valence-electron chi connectivity index (χ2n) is 3.80. The Kier molecular flexibility index (Phi) is 4.92. The maximum Gasteiger partial charge on any atom is 0.238 e. The number of primary sulfonamides is 1. The van der Waals surface area contributed by atoms with Crippen molar-refractivity contribution in [1.29, 1.82) is 0 Å². The molecule has 1 aromatic carbocycles. The molecule has 5 heteroatoms. The number of nitrogens with two attached hydrogens (primary N) is 1. The summed E-state index contributed by atoms with van der Waals surface area (Å²) in [5.74, 6) is 0. The first-order valence-electron chi connectivity index (χ1n) is 5.26. The van der Waals surface area contributed by atoms with Crippen LogP contribution in [0.2, 0.25) is 0 Å². The Bertz CT molecular complexity index is 396. The van der Waals surface area contributed by atoms with Gasteiger partial charge in [-0.15, -0.1) is 0 Å². The third-order valence-corrected chi connectivity index (χ3v) is 3.33. The van der Waals surface area contributed by atoms with Gasteiger partial charge in [-0.3, -0.25) is 0 Å².